The van der Waals surface area contributed by atoms with Gasteiger partial charge in [-0.15, -0.1) is 0 Å². The number of rotatable bonds is 5. The number of esters is 1. The Labute approximate surface area is 185 Å². The summed E-state index contributed by atoms with van der Waals surface area (Å²) in [7, 11) is 3.91. The highest BCUT2D eigenvalue weighted by atomic mass is 16.5. The molecule has 0 spiro atoms. The number of hydrogen-bond acceptors (Lipinski definition) is 7. The van der Waals surface area contributed by atoms with Crippen LogP contribution in [0.4, 0.5) is 4.79 Å². The first kappa shape index (κ1) is 22.6. The number of ether oxygens (including phenoxy) is 3. The largest absolute Gasteiger partial charge is 0.497 e. The highest BCUT2D eigenvalue weighted by Gasteiger charge is 2.44. The zero-order valence-electron chi connectivity index (χ0n) is 18.0. The number of carbonyl (C=O) groups excluding carboxylic acids is 3. The molecule has 0 aliphatic carbocycles. The van der Waals surface area contributed by atoms with E-state index in [1.54, 1.807) is 37.6 Å². The lowest BCUT2D eigenvalue weighted by atomic mass is 9.94. The number of nitrogens with one attached hydrogen (secondary N) is 1. The number of benzene rings is 1. The van der Waals surface area contributed by atoms with Crippen LogP contribution in [0.1, 0.15) is 21.5 Å². The number of aromatic nitrogens is 1. The third kappa shape index (κ3) is 4.81. The SMILES string of the molecule is COC(=O)NC(C#Cc1cccnc1)(CN1CCc2cc(OC)ccc2C1=O)C(=O)OC. The summed E-state index contributed by atoms with van der Waals surface area (Å²) >= 11 is 0. The van der Waals surface area contributed by atoms with Gasteiger partial charge in [0.1, 0.15) is 5.75 Å². The first-order chi connectivity index (χ1) is 15.4. The van der Waals surface area contributed by atoms with Gasteiger partial charge in [-0.3, -0.25) is 15.1 Å². The van der Waals surface area contributed by atoms with Crippen LogP contribution >= 0.6 is 0 Å². The van der Waals surface area contributed by atoms with E-state index in [4.69, 9.17) is 14.2 Å². The minimum atomic E-state index is -1.85. The lowest BCUT2D eigenvalue weighted by Crippen LogP contribution is -2.62. The van der Waals surface area contributed by atoms with Crippen molar-refractivity contribution in [1.82, 2.24) is 15.2 Å². The van der Waals surface area contributed by atoms with Crippen molar-refractivity contribution in [1.29, 1.82) is 0 Å². The molecule has 1 aromatic carbocycles. The Hall–Kier alpha value is -4.06. The van der Waals surface area contributed by atoms with Gasteiger partial charge in [0.25, 0.3) is 5.91 Å². The Kier molecular flexibility index (Phi) is 6.95. The van der Waals surface area contributed by atoms with Crippen molar-refractivity contribution in [2.24, 2.45) is 0 Å². The van der Waals surface area contributed by atoms with Crippen molar-refractivity contribution in [2.45, 2.75) is 12.0 Å². The number of amides is 2. The molecule has 1 atom stereocenters. The average molecular weight is 437 g/mol. The lowest BCUT2D eigenvalue weighted by molar-refractivity contribution is -0.146. The fourth-order valence-electron chi connectivity index (χ4n) is 3.37. The molecule has 32 heavy (non-hydrogen) atoms. The predicted molar refractivity (Wildman–Crippen MR) is 114 cm³/mol. The molecule has 3 rings (SSSR count). The quantitative estimate of drug-likeness (QED) is 0.557. The molecule has 1 aromatic heterocycles. The topological polar surface area (TPSA) is 107 Å². The summed E-state index contributed by atoms with van der Waals surface area (Å²) in [5, 5.41) is 2.47. The van der Waals surface area contributed by atoms with E-state index in [9.17, 15) is 14.4 Å². The van der Waals surface area contributed by atoms with E-state index < -0.39 is 17.6 Å². The van der Waals surface area contributed by atoms with Gasteiger partial charge in [-0.25, -0.2) is 9.59 Å². The highest BCUT2D eigenvalue weighted by molar-refractivity contribution is 5.98. The molecule has 2 aromatic rings. The summed E-state index contributed by atoms with van der Waals surface area (Å²) in [6.45, 7) is 0.0848. The standard InChI is InChI=1S/C23H23N3O6/c1-30-18-6-7-19-17(13-18)9-12-26(20(19)27)15-23(21(28)31-2,25-22(29)32-3)10-8-16-5-4-11-24-14-16/h4-7,11,13-14H,9,12,15H2,1-3H3,(H,25,29). The molecule has 0 fully saturated rings. The molecule has 2 amide bonds. The summed E-state index contributed by atoms with van der Waals surface area (Å²) in [4.78, 5) is 43.6. The van der Waals surface area contributed by atoms with E-state index >= 15 is 0 Å². The van der Waals surface area contributed by atoms with Gasteiger partial charge < -0.3 is 19.1 Å². The van der Waals surface area contributed by atoms with Crippen molar-refractivity contribution in [3.63, 3.8) is 0 Å². The van der Waals surface area contributed by atoms with Gasteiger partial charge in [0.05, 0.1) is 27.9 Å². The van der Waals surface area contributed by atoms with Gasteiger partial charge in [0.2, 0.25) is 5.54 Å². The molecule has 9 nitrogen and oxygen atoms in total. The van der Waals surface area contributed by atoms with E-state index in [0.29, 0.717) is 29.8 Å². The van der Waals surface area contributed by atoms with Gasteiger partial charge in [0, 0.05) is 30.1 Å². The highest BCUT2D eigenvalue weighted by Crippen LogP contribution is 2.25. The van der Waals surface area contributed by atoms with Gasteiger partial charge in [0.15, 0.2) is 0 Å². The van der Waals surface area contributed by atoms with E-state index in [2.05, 4.69) is 22.1 Å². The Morgan fingerprint density at radius 2 is 2.03 bits per heavy atom. The van der Waals surface area contributed by atoms with Crippen LogP contribution in [0.3, 0.4) is 0 Å². The van der Waals surface area contributed by atoms with Crippen molar-refractivity contribution in [3.8, 4) is 17.6 Å². The summed E-state index contributed by atoms with van der Waals surface area (Å²) in [5.41, 5.74) is 0.0118. The number of fused-ring (bicyclic) bond motifs is 1. The normalized spacial score (nSPS) is 14.2. The van der Waals surface area contributed by atoms with Crippen molar-refractivity contribution in [3.05, 3.63) is 59.4 Å². The second kappa shape index (κ2) is 9.83. The number of nitrogens with zero attached hydrogens (tertiary/aromatic N) is 2. The summed E-state index contributed by atoms with van der Waals surface area (Å²) in [6, 6.07) is 8.58. The number of methoxy groups -OCH3 is 3. The molecule has 166 valence electrons. The maximum Gasteiger partial charge on any atom is 0.408 e. The summed E-state index contributed by atoms with van der Waals surface area (Å²) < 4.78 is 14.9. The Balaban J connectivity index is 1.99. The minimum Gasteiger partial charge on any atom is -0.497 e. The zero-order valence-corrected chi connectivity index (χ0v) is 18.0. The molecule has 9 heteroatoms. The predicted octanol–water partition coefficient (Wildman–Crippen LogP) is 1.41. The Bertz CT molecular complexity index is 1080. The smallest absolute Gasteiger partial charge is 0.408 e. The molecule has 2 heterocycles. The molecule has 0 radical (unpaired) electrons. The monoisotopic (exact) mass is 437 g/mol. The molecular formula is C23H23N3O6. The van der Waals surface area contributed by atoms with Gasteiger partial charge in [-0.1, -0.05) is 11.8 Å². The van der Waals surface area contributed by atoms with Crippen molar-refractivity contribution < 1.29 is 28.6 Å². The molecule has 0 saturated heterocycles. The molecular weight excluding hydrogens is 414 g/mol. The van der Waals surface area contributed by atoms with Crippen LogP contribution in [-0.4, -0.2) is 67.8 Å². The van der Waals surface area contributed by atoms with E-state index in [0.717, 1.165) is 5.56 Å². The van der Waals surface area contributed by atoms with Crippen LogP contribution in [0.25, 0.3) is 0 Å². The van der Waals surface area contributed by atoms with E-state index in [1.807, 2.05) is 6.07 Å². The molecule has 0 bridgehead atoms. The molecule has 0 saturated carbocycles. The van der Waals surface area contributed by atoms with Crippen LogP contribution < -0.4 is 10.1 Å². The number of carbonyl (C=O) groups is 3. The first-order valence-corrected chi connectivity index (χ1v) is 9.76. The third-order valence-corrected chi connectivity index (χ3v) is 5.03. The van der Waals surface area contributed by atoms with Gasteiger partial charge in [-0.2, -0.15) is 0 Å². The van der Waals surface area contributed by atoms with Gasteiger partial charge in [-0.05, 0) is 42.3 Å². The molecule has 1 N–H and O–H groups in total. The van der Waals surface area contributed by atoms with E-state index in [-0.39, 0.29) is 12.5 Å². The van der Waals surface area contributed by atoms with Crippen LogP contribution in [-0.2, 0) is 20.7 Å². The average Bonchev–Trinajstić information content (AvgIpc) is 2.83. The number of alkyl carbamates (subject to hydrolysis) is 1. The first-order valence-electron chi connectivity index (χ1n) is 9.76. The lowest BCUT2D eigenvalue weighted by Gasteiger charge is -2.35. The number of hydrogen-bond donors (Lipinski definition) is 1. The van der Waals surface area contributed by atoms with Gasteiger partial charge >= 0.3 is 12.1 Å². The second-order valence-electron chi connectivity index (χ2n) is 7.00. The molecule has 1 unspecified atom stereocenters. The van der Waals surface area contributed by atoms with Crippen LogP contribution in [0.15, 0.2) is 42.7 Å². The maximum absolute atomic E-state index is 13.2. The van der Waals surface area contributed by atoms with Crippen LogP contribution in [0.5, 0.6) is 5.75 Å². The summed E-state index contributed by atoms with van der Waals surface area (Å²) in [5.74, 6) is 5.15. The number of pyridine rings is 1. The zero-order chi connectivity index (χ0) is 23.1. The fourth-order valence-corrected chi connectivity index (χ4v) is 3.37. The summed E-state index contributed by atoms with van der Waals surface area (Å²) in [6.07, 6.45) is 2.77. The van der Waals surface area contributed by atoms with E-state index in [1.165, 1.54) is 25.3 Å². The Morgan fingerprint density at radius 3 is 2.69 bits per heavy atom. The third-order valence-electron chi connectivity index (χ3n) is 5.03. The molecule has 1 aliphatic rings. The van der Waals surface area contributed by atoms with Crippen molar-refractivity contribution in [2.75, 3.05) is 34.4 Å². The maximum atomic E-state index is 13.2. The van der Waals surface area contributed by atoms with Crippen LogP contribution in [0, 0.1) is 11.8 Å². The minimum absolute atomic E-state index is 0.230. The van der Waals surface area contributed by atoms with Crippen molar-refractivity contribution >= 4 is 18.0 Å². The second-order valence-corrected chi connectivity index (χ2v) is 7.00. The van der Waals surface area contributed by atoms with Crippen LogP contribution in [0.2, 0.25) is 0 Å². The fraction of sp³-hybridized carbons (Fsp3) is 0.304. The Morgan fingerprint density at radius 1 is 1.22 bits per heavy atom. The molecule has 1 aliphatic heterocycles.